The van der Waals surface area contributed by atoms with E-state index in [1.807, 2.05) is 0 Å². The van der Waals surface area contributed by atoms with Crippen LogP contribution in [0.3, 0.4) is 0 Å². The number of nitro benzene ring substituents is 1. The molecule has 20 heavy (non-hydrogen) atoms. The van der Waals surface area contributed by atoms with Crippen LogP contribution >= 0.6 is 0 Å². The van der Waals surface area contributed by atoms with Crippen LogP contribution in [0.2, 0.25) is 0 Å². The normalized spacial score (nSPS) is 11.9. The van der Waals surface area contributed by atoms with Gasteiger partial charge in [0.1, 0.15) is 12.0 Å². The molecule has 0 spiro atoms. The minimum Gasteiger partial charge on any atom is -0.378 e. The summed E-state index contributed by atoms with van der Waals surface area (Å²) in [4.78, 5) is 20.9. The number of hydrogen-bond donors (Lipinski definition) is 1. The molecule has 0 saturated heterocycles. The predicted octanol–water partition coefficient (Wildman–Crippen LogP) is 1.64. The topological polar surface area (TPSA) is 106 Å². The lowest BCUT2D eigenvalue weighted by Gasteiger charge is -2.23. The Morgan fingerprint density at radius 2 is 2.00 bits per heavy atom. The van der Waals surface area contributed by atoms with Gasteiger partial charge in [-0.25, -0.2) is 8.42 Å². The van der Waals surface area contributed by atoms with Gasteiger partial charge in [0, 0.05) is 24.4 Å². The molecule has 1 rings (SSSR count). The molecule has 0 aromatic heterocycles. The Morgan fingerprint density at radius 3 is 2.45 bits per heavy atom. The number of benzene rings is 1. The molecule has 1 aromatic carbocycles. The Morgan fingerprint density at radius 1 is 1.40 bits per heavy atom. The number of rotatable bonds is 6. The van der Waals surface area contributed by atoms with E-state index in [4.69, 9.17) is 0 Å². The van der Waals surface area contributed by atoms with E-state index in [-0.39, 0.29) is 23.5 Å². The van der Waals surface area contributed by atoms with Crippen molar-refractivity contribution in [3.8, 4) is 0 Å². The number of nitrogens with one attached hydrogen (secondary N) is 1. The number of aldehydes is 1. The fourth-order valence-electron chi connectivity index (χ4n) is 1.36. The van der Waals surface area contributed by atoms with Gasteiger partial charge >= 0.3 is 0 Å². The number of hydrogen-bond acceptors (Lipinski definition) is 6. The van der Waals surface area contributed by atoms with Crippen molar-refractivity contribution in [1.82, 2.24) is 0 Å². The van der Waals surface area contributed by atoms with E-state index >= 15 is 0 Å². The zero-order valence-electron chi connectivity index (χ0n) is 11.4. The van der Waals surface area contributed by atoms with Crippen molar-refractivity contribution in [1.29, 1.82) is 0 Å². The average molecular weight is 300 g/mol. The first kappa shape index (κ1) is 16.1. The van der Waals surface area contributed by atoms with Crippen LogP contribution < -0.4 is 5.32 Å². The summed E-state index contributed by atoms with van der Waals surface area (Å²) < 4.78 is 22.1. The molecule has 0 aliphatic heterocycles. The summed E-state index contributed by atoms with van der Waals surface area (Å²) in [5.74, 6) is 0. The third-order valence-corrected chi connectivity index (χ3v) is 5.21. The Bertz CT molecular complexity index is 637. The van der Waals surface area contributed by atoms with Gasteiger partial charge in [-0.15, -0.1) is 0 Å². The number of sulfone groups is 1. The minimum absolute atomic E-state index is 0.0209. The van der Waals surface area contributed by atoms with Crippen LogP contribution in [0.15, 0.2) is 18.2 Å². The fraction of sp³-hybridized carbons (Fsp3) is 0.417. The van der Waals surface area contributed by atoms with Crippen molar-refractivity contribution in [2.45, 2.75) is 18.6 Å². The molecule has 8 heteroatoms. The van der Waals surface area contributed by atoms with Crippen LogP contribution in [-0.4, -0.2) is 37.2 Å². The highest BCUT2D eigenvalue weighted by Crippen LogP contribution is 2.26. The van der Waals surface area contributed by atoms with Gasteiger partial charge in [0.15, 0.2) is 9.84 Å². The first-order valence-electron chi connectivity index (χ1n) is 5.75. The van der Waals surface area contributed by atoms with Gasteiger partial charge in [-0.3, -0.25) is 14.9 Å². The number of carbonyl (C=O) groups excluding carboxylic acids is 1. The van der Waals surface area contributed by atoms with E-state index in [1.54, 1.807) is 0 Å². The van der Waals surface area contributed by atoms with Crippen molar-refractivity contribution in [2.24, 2.45) is 0 Å². The van der Waals surface area contributed by atoms with Gasteiger partial charge in [0.05, 0.1) is 9.67 Å². The van der Waals surface area contributed by atoms with Gasteiger partial charge < -0.3 is 5.32 Å². The smallest absolute Gasteiger partial charge is 0.293 e. The van der Waals surface area contributed by atoms with Crippen molar-refractivity contribution >= 4 is 27.5 Å². The van der Waals surface area contributed by atoms with E-state index < -0.39 is 19.5 Å². The fourth-order valence-corrected chi connectivity index (χ4v) is 1.70. The molecule has 0 bridgehead atoms. The standard InChI is InChI=1S/C12H16N2O5S/c1-12(2,20(3,18)19)8-13-10-5-4-9(7-15)6-11(10)14(16)17/h4-7,13H,8H2,1-3H3. The average Bonchev–Trinajstić information content (AvgIpc) is 2.34. The molecule has 0 radical (unpaired) electrons. The molecule has 0 unspecified atom stereocenters. The van der Waals surface area contributed by atoms with Gasteiger partial charge in [0.25, 0.3) is 5.69 Å². The quantitative estimate of drug-likeness (QED) is 0.486. The first-order chi connectivity index (χ1) is 9.08. The number of nitro groups is 1. The Hall–Kier alpha value is -1.96. The van der Waals surface area contributed by atoms with Crippen LogP contribution in [-0.2, 0) is 9.84 Å². The lowest BCUT2D eigenvalue weighted by Crippen LogP contribution is -2.38. The summed E-state index contributed by atoms with van der Waals surface area (Å²) in [5.41, 5.74) is 0.0980. The molecular formula is C12H16N2O5S. The summed E-state index contributed by atoms with van der Waals surface area (Å²) >= 11 is 0. The van der Waals surface area contributed by atoms with Crippen LogP contribution in [0, 0.1) is 10.1 Å². The molecule has 1 aromatic rings. The molecule has 0 saturated carbocycles. The monoisotopic (exact) mass is 300 g/mol. The Balaban J connectivity index is 3.05. The molecule has 0 fully saturated rings. The molecule has 7 nitrogen and oxygen atoms in total. The van der Waals surface area contributed by atoms with Crippen molar-refractivity contribution in [3.63, 3.8) is 0 Å². The summed E-state index contributed by atoms with van der Waals surface area (Å²) in [6.07, 6.45) is 1.62. The lowest BCUT2D eigenvalue weighted by atomic mass is 10.1. The van der Waals surface area contributed by atoms with Crippen LogP contribution in [0.25, 0.3) is 0 Å². The second-order valence-corrected chi connectivity index (χ2v) is 7.69. The van der Waals surface area contributed by atoms with E-state index in [0.29, 0.717) is 6.29 Å². The van der Waals surface area contributed by atoms with Crippen molar-refractivity contribution in [3.05, 3.63) is 33.9 Å². The van der Waals surface area contributed by atoms with Gasteiger partial charge in [-0.05, 0) is 26.0 Å². The summed E-state index contributed by atoms with van der Waals surface area (Å²) in [5, 5.41) is 13.7. The molecule has 0 atom stereocenters. The number of nitrogens with zero attached hydrogens (tertiary/aromatic N) is 1. The predicted molar refractivity (Wildman–Crippen MR) is 75.9 cm³/mol. The van der Waals surface area contributed by atoms with Gasteiger partial charge in [0.2, 0.25) is 0 Å². The molecular weight excluding hydrogens is 284 g/mol. The van der Waals surface area contributed by atoms with E-state index in [9.17, 15) is 23.3 Å². The Labute approximate surface area is 117 Å². The highest BCUT2D eigenvalue weighted by molar-refractivity contribution is 7.92. The zero-order valence-corrected chi connectivity index (χ0v) is 12.2. The van der Waals surface area contributed by atoms with E-state index in [1.165, 1.54) is 26.0 Å². The minimum atomic E-state index is -3.31. The SMILES string of the molecule is CC(C)(CNc1ccc(C=O)cc1[N+](=O)[O-])S(C)(=O)=O. The summed E-state index contributed by atoms with van der Waals surface area (Å²) in [6, 6.07) is 3.96. The summed E-state index contributed by atoms with van der Waals surface area (Å²) in [7, 11) is -3.31. The van der Waals surface area contributed by atoms with Gasteiger partial charge in [-0.2, -0.15) is 0 Å². The van der Waals surface area contributed by atoms with Crippen LogP contribution in [0.4, 0.5) is 11.4 Å². The first-order valence-corrected chi connectivity index (χ1v) is 7.65. The lowest BCUT2D eigenvalue weighted by molar-refractivity contribution is -0.384. The van der Waals surface area contributed by atoms with Crippen molar-refractivity contribution < 1.29 is 18.1 Å². The highest BCUT2D eigenvalue weighted by atomic mass is 32.2. The molecule has 0 amide bonds. The van der Waals surface area contributed by atoms with Crippen LogP contribution in [0.5, 0.6) is 0 Å². The summed E-state index contributed by atoms with van der Waals surface area (Å²) in [6.45, 7) is 3.08. The number of anilines is 1. The molecule has 0 aliphatic carbocycles. The molecule has 0 heterocycles. The molecule has 0 aliphatic rings. The number of carbonyl (C=O) groups is 1. The largest absolute Gasteiger partial charge is 0.378 e. The third-order valence-electron chi connectivity index (χ3n) is 3.06. The third kappa shape index (κ3) is 3.53. The maximum absolute atomic E-state index is 11.6. The second-order valence-electron chi connectivity index (χ2n) is 5.04. The van der Waals surface area contributed by atoms with Crippen LogP contribution in [0.1, 0.15) is 24.2 Å². The maximum atomic E-state index is 11.6. The second kappa shape index (κ2) is 5.58. The Kier molecular flexibility index (Phi) is 4.49. The maximum Gasteiger partial charge on any atom is 0.293 e. The zero-order chi connectivity index (χ0) is 15.6. The molecule has 110 valence electrons. The van der Waals surface area contributed by atoms with E-state index in [0.717, 1.165) is 12.3 Å². The van der Waals surface area contributed by atoms with Gasteiger partial charge in [-0.1, -0.05) is 0 Å². The van der Waals surface area contributed by atoms with Crippen molar-refractivity contribution in [2.75, 3.05) is 18.1 Å². The molecule has 1 N–H and O–H groups in total. The highest BCUT2D eigenvalue weighted by Gasteiger charge is 2.30. The van der Waals surface area contributed by atoms with E-state index in [2.05, 4.69) is 5.32 Å².